The number of carbonyl (C=O) groups excluding carboxylic acids is 2. The monoisotopic (exact) mass is 352 g/mol. The summed E-state index contributed by atoms with van der Waals surface area (Å²) in [5, 5.41) is 0. The van der Waals surface area contributed by atoms with Gasteiger partial charge in [-0.05, 0) is 29.8 Å². The quantitative estimate of drug-likeness (QED) is 0.537. The summed E-state index contributed by atoms with van der Waals surface area (Å²) >= 11 is 1.35. The lowest BCUT2D eigenvalue weighted by molar-refractivity contribution is -0.113. The summed E-state index contributed by atoms with van der Waals surface area (Å²) in [5.41, 5.74) is 2.31. The Bertz CT molecular complexity index is 1030. The van der Waals surface area contributed by atoms with E-state index in [2.05, 4.69) is 4.99 Å². The Kier molecular flexibility index (Phi) is 4.90. The third-order valence-electron chi connectivity index (χ3n) is 3.65. The third-order valence-corrected chi connectivity index (χ3v) is 4.75. The zero-order valence-corrected chi connectivity index (χ0v) is 14.6. The lowest BCUT2D eigenvalue weighted by Gasteiger charge is -1.99. The Morgan fingerprint density at radius 3 is 2.64 bits per heavy atom. The van der Waals surface area contributed by atoms with Crippen molar-refractivity contribution in [2.24, 2.45) is 12.0 Å². The van der Waals surface area contributed by atoms with Gasteiger partial charge in [0.05, 0.1) is 22.9 Å². The Balaban J connectivity index is 1.93. The van der Waals surface area contributed by atoms with Crippen LogP contribution in [-0.2, 0) is 16.6 Å². The normalized spacial score (nSPS) is 12.0. The average molecular weight is 352 g/mol. The molecule has 25 heavy (non-hydrogen) atoms. The van der Waals surface area contributed by atoms with E-state index in [-0.39, 0.29) is 5.91 Å². The van der Waals surface area contributed by atoms with Gasteiger partial charge in [-0.3, -0.25) is 4.79 Å². The Morgan fingerprint density at radius 2 is 1.92 bits per heavy atom. The molecule has 1 aromatic heterocycles. The predicted octanol–water partition coefficient (Wildman–Crippen LogP) is 3.17. The summed E-state index contributed by atoms with van der Waals surface area (Å²) in [7, 11) is 3.18. The smallest absolute Gasteiger partial charge is 0.337 e. The fourth-order valence-corrected chi connectivity index (χ4v) is 3.41. The van der Waals surface area contributed by atoms with Gasteiger partial charge in [0.1, 0.15) is 0 Å². The van der Waals surface area contributed by atoms with Gasteiger partial charge in [0, 0.05) is 13.1 Å². The molecule has 0 saturated heterocycles. The summed E-state index contributed by atoms with van der Waals surface area (Å²) in [6.45, 7) is 0. The Hall–Kier alpha value is -2.99. The van der Waals surface area contributed by atoms with Crippen LogP contribution in [0.4, 0.5) is 0 Å². The van der Waals surface area contributed by atoms with Crippen molar-refractivity contribution in [2.75, 3.05) is 7.11 Å². The van der Waals surface area contributed by atoms with Crippen molar-refractivity contribution in [3.05, 3.63) is 70.5 Å². The average Bonchev–Trinajstić information content (AvgIpc) is 2.95. The number of esters is 1. The van der Waals surface area contributed by atoms with Crippen LogP contribution in [0.15, 0.2) is 59.6 Å². The third kappa shape index (κ3) is 3.75. The summed E-state index contributed by atoms with van der Waals surface area (Å²) in [6, 6.07) is 14.8. The topological polar surface area (TPSA) is 60.7 Å². The van der Waals surface area contributed by atoms with Crippen LogP contribution >= 0.6 is 11.3 Å². The number of benzene rings is 2. The minimum Gasteiger partial charge on any atom is -0.465 e. The van der Waals surface area contributed by atoms with Crippen LogP contribution < -0.4 is 4.80 Å². The number of methoxy groups -OCH3 is 1. The van der Waals surface area contributed by atoms with Gasteiger partial charge in [0.25, 0.3) is 5.91 Å². The van der Waals surface area contributed by atoms with E-state index in [0.29, 0.717) is 10.4 Å². The second kappa shape index (κ2) is 7.27. The largest absolute Gasteiger partial charge is 0.465 e. The maximum atomic E-state index is 12.1. The molecule has 5 nitrogen and oxygen atoms in total. The van der Waals surface area contributed by atoms with E-state index in [9.17, 15) is 9.59 Å². The number of fused-ring (bicyclic) bond motifs is 1. The first-order valence-corrected chi connectivity index (χ1v) is 8.40. The molecule has 1 heterocycles. The number of aromatic nitrogens is 1. The molecule has 0 saturated carbocycles. The number of thiazole rings is 1. The van der Waals surface area contributed by atoms with Gasteiger partial charge in [-0.1, -0.05) is 41.7 Å². The summed E-state index contributed by atoms with van der Waals surface area (Å²) in [4.78, 5) is 28.5. The molecule has 0 atom stereocenters. The highest BCUT2D eigenvalue weighted by Crippen LogP contribution is 2.19. The zero-order valence-electron chi connectivity index (χ0n) is 13.8. The number of nitrogens with zero attached hydrogens (tertiary/aromatic N) is 2. The van der Waals surface area contributed by atoms with Gasteiger partial charge in [-0.25, -0.2) is 4.79 Å². The van der Waals surface area contributed by atoms with Gasteiger partial charge in [-0.2, -0.15) is 4.99 Å². The minimum atomic E-state index is -0.390. The standard InChI is InChI=1S/C19H16N2O3S/c1-21-15-10-9-14(18(23)24-2)12-16(15)25-19(21)20-17(22)11-8-13-6-4-3-5-7-13/h3-12H,1-2H3. The SMILES string of the molecule is COC(=O)c1ccc2c(c1)sc(=NC(=O)C=Cc1ccccc1)n2C. The van der Waals surface area contributed by atoms with Crippen LogP contribution in [0, 0.1) is 0 Å². The number of ether oxygens (including phenoxy) is 1. The van der Waals surface area contributed by atoms with E-state index in [1.54, 1.807) is 18.2 Å². The molecule has 0 aliphatic heterocycles. The maximum absolute atomic E-state index is 12.1. The van der Waals surface area contributed by atoms with E-state index >= 15 is 0 Å². The van der Waals surface area contributed by atoms with Crippen LogP contribution in [0.2, 0.25) is 0 Å². The van der Waals surface area contributed by atoms with Crippen LogP contribution in [-0.4, -0.2) is 23.6 Å². The van der Waals surface area contributed by atoms with E-state index in [1.165, 1.54) is 24.5 Å². The molecule has 1 amide bonds. The Labute approximate surface area is 148 Å². The highest BCUT2D eigenvalue weighted by Gasteiger charge is 2.09. The second-order valence-electron chi connectivity index (χ2n) is 5.31. The van der Waals surface area contributed by atoms with Crippen molar-refractivity contribution in [3.63, 3.8) is 0 Å². The number of rotatable bonds is 3. The molecule has 0 radical (unpaired) electrons. The number of amides is 1. The highest BCUT2D eigenvalue weighted by molar-refractivity contribution is 7.16. The molecule has 0 fully saturated rings. The lowest BCUT2D eigenvalue weighted by Crippen LogP contribution is -2.12. The van der Waals surface area contributed by atoms with E-state index in [4.69, 9.17) is 4.74 Å². The lowest BCUT2D eigenvalue weighted by atomic mass is 10.2. The molecular weight excluding hydrogens is 336 g/mol. The molecule has 0 aliphatic carbocycles. The van der Waals surface area contributed by atoms with Crippen molar-refractivity contribution in [2.45, 2.75) is 0 Å². The van der Waals surface area contributed by atoms with Crippen LogP contribution in [0.3, 0.4) is 0 Å². The van der Waals surface area contributed by atoms with Crippen molar-refractivity contribution >= 4 is 39.5 Å². The first-order valence-electron chi connectivity index (χ1n) is 7.58. The maximum Gasteiger partial charge on any atom is 0.337 e. The first kappa shape index (κ1) is 16.9. The molecule has 0 aliphatic rings. The molecule has 0 spiro atoms. The molecule has 6 heteroatoms. The number of hydrogen-bond acceptors (Lipinski definition) is 4. The minimum absolute atomic E-state index is 0.334. The first-order chi connectivity index (χ1) is 12.1. The molecule has 0 unspecified atom stereocenters. The van der Waals surface area contributed by atoms with Gasteiger partial charge in [0.2, 0.25) is 0 Å². The van der Waals surface area contributed by atoms with Gasteiger partial charge in [0.15, 0.2) is 4.80 Å². The van der Waals surface area contributed by atoms with E-state index in [0.717, 1.165) is 15.8 Å². The fourth-order valence-electron chi connectivity index (χ4n) is 2.35. The second-order valence-corrected chi connectivity index (χ2v) is 6.32. The Morgan fingerprint density at radius 1 is 1.16 bits per heavy atom. The van der Waals surface area contributed by atoms with Crippen molar-refractivity contribution in [1.29, 1.82) is 0 Å². The van der Waals surface area contributed by atoms with Gasteiger partial charge < -0.3 is 9.30 Å². The van der Waals surface area contributed by atoms with Crippen molar-refractivity contribution in [1.82, 2.24) is 4.57 Å². The molecule has 3 rings (SSSR count). The van der Waals surface area contributed by atoms with Crippen molar-refractivity contribution < 1.29 is 14.3 Å². The molecule has 2 aromatic carbocycles. The zero-order chi connectivity index (χ0) is 17.8. The van der Waals surface area contributed by atoms with Gasteiger partial charge in [-0.15, -0.1) is 0 Å². The molecule has 0 bridgehead atoms. The number of hydrogen-bond donors (Lipinski definition) is 0. The van der Waals surface area contributed by atoms with E-state index < -0.39 is 5.97 Å². The van der Waals surface area contributed by atoms with Gasteiger partial charge >= 0.3 is 5.97 Å². The fraction of sp³-hybridized carbons (Fsp3) is 0.105. The van der Waals surface area contributed by atoms with Crippen molar-refractivity contribution in [3.8, 4) is 0 Å². The summed E-state index contributed by atoms with van der Waals surface area (Å²) in [5.74, 6) is -0.725. The van der Waals surface area contributed by atoms with Crippen LogP contribution in [0.1, 0.15) is 15.9 Å². The van der Waals surface area contributed by atoms with Crippen LogP contribution in [0.25, 0.3) is 16.3 Å². The number of carbonyl (C=O) groups is 2. The van der Waals surface area contributed by atoms with Crippen LogP contribution in [0.5, 0.6) is 0 Å². The molecule has 0 N–H and O–H groups in total. The predicted molar refractivity (Wildman–Crippen MR) is 98.2 cm³/mol. The van der Waals surface area contributed by atoms with E-state index in [1.807, 2.05) is 48.0 Å². The summed E-state index contributed by atoms with van der Waals surface area (Å²) in [6.07, 6.45) is 3.17. The molecule has 3 aromatic rings. The number of aryl methyl sites for hydroxylation is 1. The molecule has 126 valence electrons. The summed E-state index contributed by atoms with van der Waals surface area (Å²) < 4.78 is 7.43. The highest BCUT2D eigenvalue weighted by atomic mass is 32.1. The molecular formula is C19H16N2O3S.